The molecule has 1 aliphatic heterocycles. The van der Waals surface area contributed by atoms with Crippen LogP contribution in [-0.2, 0) is 11.3 Å². The summed E-state index contributed by atoms with van der Waals surface area (Å²) in [5.74, 6) is 0.937. The number of rotatable bonds is 4. The van der Waals surface area contributed by atoms with Gasteiger partial charge < -0.3 is 14.2 Å². The monoisotopic (exact) mass is 384 g/mol. The molecule has 0 N–H and O–H groups in total. The van der Waals surface area contributed by atoms with Crippen LogP contribution in [0.1, 0.15) is 12.7 Å². The van der Waals surface area contributed by atoms with Crippen molar-refractivity contribution in [2.24, 2.45) is 0 Å². The highest BCUT2D eigenvalue weighted by atomic mass is 35.5. The van der Waals surface area contributed by atoms with Crippen molar-refractivity contribution in [3.8, 4) is 11.5 Å². The molecule has 1 amide bonds. The first-order valence-electron chi connectivity index (χ1n) is 7.99. The highest BCUT2D eigenvalue weighted by molar-refractivity contribution is 6.36. The van der Waals surface area contributed by atoms with E-state index in [1.54, 1.807) is 30.0 Å². The SMILES string of the molecule is CCOC(=O)N1CCN(Cc2noc(-c3ccc(Cl)cc3Cl)n2)CC1. The van der Waals surface area contributed by atoms with E-state index in [1.165, 1.54) is 0 Å². The van der Waals surface area contributed by atoms with E-state index in [2.05, 4.69) is 15.0 Å². The van der Waals surface area contributed by atoms with Crippen LogP contribution in [-0.4, -0.2) is 58.8 Å². The molecule has 2 heterocycles. The van der Waals surface area contributed by atoms with Crippen molar-refractivity contribution in [3.63, 3.8) is 0 Å². The normalized spacial score (nSPS) is 15.4. The Morgan fingerprint density at radius 1 is 1.28 bits per heavy atom. The Morgan fingerprint density at radius 2 is 2.04 bits per heavy atom. The highest BCUT2D eigenvalue weighted by Crippen LogP contribution is 2.29. The van der Waals surface area contributed by atoms with Crippen LogP contribution in [0.25, 0.3) is 11.5 Å². The van der Waals surface area contributed by atoms with Gasteiger partial charge in [0, 0.05) is 31.2 Å². The summed E-state index contributed by atoms with van der Waals surface area (Å²) in [6.45, 7) is 5.42. The summed E-state index contributed by atoms with van der Waals surface area (Å²) in [5.41, 5.74) is 0.650. The topological polar surface area (TPSA) is 71.7 Å². The van der Waals surface area contributed by atoms with Crippen molar-refractivity contribution >= 4 is 29.3 Å². The fourth-order valence-electron chi connectivity index (χ4n) is 2.59. The number of carbonyl (C=O) groups excluding carboxylic acids is 1. The average Bonchev–Trinajstić information content (AvgIpc) is 3.04. The second-order valence-corrected chi connectivity index (χ2v) is 6.45. The summed E-state index contributed by atoms with van der Waals surface area (Å²) in [7, 11) is 0. The molecule has 134 valence electrons. The van der Waals surface area contributed by atoms with Gasteiger partial charge in [-0.3, -0.25) is 4.90 Å². The number of benzene rings is 1. The standard InChI is InChI=1S/C16H18Cl2N4O3/c1-2-24-16(23)22-7-5-21(6-8-22)10-14-19-15(25-20-14)12-4-3-11(17)9-13(12)18/h3-4,9H,2,5-8,10H2,1H3. The van der Waals surface area contributed by atoms with Crippen LogP contribution in [0.2, 0.25) is 10.0 Å². The smallest absolute Gasteiger partial charge is 0.409 e. The van der Waals surface area contributed by atoms with E-state index < -0.39 is 0 Å². The average molecular weight is 385 g/mol. The van der Waals surface area contributed by atoms with Crippen molar-refractivity contribution in [2.75, 3.05) is 32.8 Å². The molecule has 0 unspecified atom stereocenters. The largest absolute Gasteiger partial charge is 0.450 e. The van der Waals surface area contributed by atoms with Gasteiger partial charge in [-0.05, 0) is 25.1 Å². The minimum Gasteiger partial charge on any atom is -0.450 e. The van der Waals surface area contributed by atoms with Crippen molar-refractivity contribution in [1.29, 1.82) is 0 Å². The van der Waals surface area contributed by atoms with E-state index in [0.29, 0.717) is 53.6 Å². The van der Waals surface area contributed by atoms with Crippen LogP contribution < -0.4 is 0 Å². The molecule has 0 bridgehead atoms. The van der Waals surface area contributed by atoms with Gasteiger partial charge in [0.1, 0.15) is 0 Å². The summed E-state index contributed by atoms with van der Waals surface area (Å²) in [6.07, 6.45) is -0.263. The van der Waals surface area contributed by atoms with Gasteiger partial charge in [-0.15, -0.1) is 0 Å². The van der Waals surface area contributed by atoms with Gasteiger partial charge in [-0.25, -0.2) is 4.79 Å². The van der Waals surface area contributed by atoms with E-state index >= 15 is 0 Å². The molecule has 0 atom stereocenters. The van der Waals surface area contributed by atoms with Crippen LogP contribution in [0.5, 0.6) is 0 Å². The highest BCUT2D eigenvalue weighted by Gasteiger charge is 2.23. The molecular weight excluding hydrogens is 367 g/mol. The number of amides is 1. The van der Waals surface area contributed by atoms with E-state index in [-0.39, 0.29) is 6.09 Å². The predicted octanol–water partition coefficient (Wildman–Crippen LogP) is 3.32. The molecule has 0 radical (unpaired) electrons. The molecule has 1 aliphatic rings. The molecule has 3 rings (SSSR count). The fourth-order valence-corrected chi connectivity index (χ4v) is 3.08. The third kappa shape index (κ3) is 4.42. The Hall–Kier alpha value is -1.83. The fraction of sp³-hybridized carbons (Fsp3) is 0.438. The number of halogens is 2. The number of ether oxygens (including phenoxy) is 1. The summed E-state index contributed by atoms with van der Waals surface area (Å²) >= 11 is 12.1. The van der Waals surface area contributed by atoms with Gasteiger partial charge in [-0.2, -0.15) is 4.98 Å². The lowest BCUT2D eigenvalue weighted by molar-refractivity contribution is 0.0769. The van der Waals surface area contributed by atoms with Crippen molar-refractivity contribution in [2.45, 2.75) is 13.5 Å². The first-order chi connectivity index (χ1) is 12.1. The first kappa shape index (κ1) is 18.0. The van der Waals surface area contributed by atoms with Gasteiger partial charge >= 0.3 is 6.09 Å². The first-order valence-corrected chi connectivity index (χ1v) is 8.74. The Bertz CT molecular complexity index is 745. The van der Waals surface area contributed by atoms with E-state index in [9.17, 15) is 4.79 Å². The lowest BCUT2D eigenvalue weighted by Crippen LogP contribution is -2.48. The Balaban J connectivity index is 1.58. The molecule has 0 spiro atoms. The van der Waals surface area contributed by atoms with Gasteiger partial charge in [0.25, 0.3) is 5.89 Å². The van der Waals surface area contributed by atoms with Gasteiger partial charge in [0.2, 0.25) is 0 Å². The molecule has 1 saturated heterocycles. The molecule has 25 heavy (non-hydrogen) atoms. The predicted molar refractivity (Wildman–Crippen MR) is 93.6 cm³/mol. The summed E-state index contributed by atoms with van der Waals surface area (Å²) in [5, 5.41) is 5.02. The zero-order valence-corrected chi connectivity index (χ0v) is 15.3. The lowest BCUT2D eigenvalue weighted by atomic mass is 10.2. The van der Waals surface area contributed by atoms with E-state index in [1.807, 2.05) is 0 Å². The minimum absolute atomic E-state index is 0.263. The van der Waals surface area contributed by atoms with E-state index in [4.69, 9.17) is 32.5 Å². The number of aromatic nitrogens is 2. The molecule has 0 saturated carbocycles. The van der Waals surface area contributed by atoms with Crippen LogP contribution in [0.3, 0.4) is 0 Å². The third-order valence-electron chi connectivity index (χ3n) is 3.89. The lowest BCUT2D eigenvalue weighted by Gasteiger charge is -2.33. The molecule has 1 fully saturated rings. The number of hydrogen-bond donors (Lipinski definition) is 0. The molecule has 9 heteroatoms. The number of nitrogens with zero attached hydrogens (tertiary/aromatic N) is 4. The van der Waals surface area contributed by atoms with Crippen LogP contribution in [0.15, 0.2) is 22.7 Å². The van der Waals surface area contributed by atoms with Crippen molar-refractivity contribution in [3.05, 3.63) is 34.1 Å². The van der Waals surface area contributed by atoms with Crippen molar-refractivity contribution in [1.82, 2.24) is 19.9 Å². The second-order valence-electron chi connectivity index (χ2n) is 5.60. The number of hydrogen-bond acceptors (Lipinski definition) is 6. The maximum absolute atomic E-state index is 11.7. The van der Waals surface area contributed by atoms with Gasteiger partial charge in [0.15, 0.2) is 5.82 Å². The van der Waals surface area contributed by atoms with E-state index in [0.717, 1.165) is 13.1 Å². The van der Waals surface area contributed by atoms with Gasteiger partial charge in [-0.1, -0.05) is 28.4 Å². The Morgan fingerprint density at radius 3 is 2.72 bits per heavy atom. The number of piperazine rings is 1. The Labute approximate surface area is 155 Å². The Kier molecular flexibility index (Phi) is 5.78. The van der Waals surface area contributed by atoms with Crippen LogP contribution >= 0.6 is 23.2 Å². The summed E-state index contributed by atoms with van der Waals surface area (Å²) < 4.78 is 10.3. The minimum atomic E-state index is -0.263. The molecule has 1 aromatic heterocycles. The molecule has 1 aromatic carbocycles. The van der Waals surface area contributed by atoms with Crippen LogP contribution in [0, 0.1) is 0 Å². The zero-order chi connectivity index (χ0) is 17.8. The quantitative estimate of drug-likeness (QED) is 0.804. The van der Waals surface area contributed by atoms with Gasteiger partial charge in [0.05, 0.1) is 23.7 Å². The third-order valence-corrected chi connectivity index (χ3v) is 4.44. The number of carbonyl (C=O) groups is 1. The zero-order valence-electron chi connectivity index (χ0n) is 13.7. The molecular formula is C16H18Cl2N4O3. The van der Waals surface area contributed by atoms with Crippen LogP contribution in [0.4, 0.5) is 4.79 Å². The second kappa shape index (κ2) is 8.03. The summed E-state index contributed by atoms with van der Waals surface area (Å²) in [4.78, 5) is 20.0. The maximum atomic E-state index is 11.7. The molecule has 0 aliphatic carbocycles. The summed E-state index contributed by atoms with van der Waals surface area (Å²) in [6, 6.07) is 5.11. The molecule has 7 nitrogen and oxygen atoms in total. The van der Waals surface area contributed by atoms with Crippen molar-refractivity contribution < 1.29 is 14.1 Å². The maximum Gasteiger partial charge on any atom is 0.409 e. The molecule has 2 aromatic rings.